The number of aryl methyl sites for hydroxylation is 2. The fraction of sp³-hybridized carbons (Fsp3) is 0.269. The van der Waals surface area contributed by atoms with Crippen molar-refractivity contribution < 1.29 is 13.2 Å². The fourth-order valence-corrected chi connectivity index (χ4v) is 5.09. The van der Waals surface area contributed by atoms with Crippen molar-refractivity contribution in [1.29, 1.82) is 0 Å². The van der Waals surface area contributed by atoms with Gasteiger partial charge in [0.2, 0.25) is 15.9 Å². The summed E-state index contributed by atoms with van der Waals surface area (Å²) in [5, 5.41) is 3.39. The van der Waals surface area contributed by atoms with Crippen LogP contribution >= 0.6 is 11.6 Å². The van der Waals surface area contributed by atoms with E-state index in [-0.39, 0.29) is 29.9 Å². The monoisotopic (exact) mass is 484 g/mol. The van der Waals surface area contributed by atoms with E-state index in [0.29, 0.717) is 5.02 Å². The number of amides is 1. The summed E-state index contributed by atoms with van der Waals surface area (Å²) in [5.41, 5.74) is 3.04. The standard InChI is InChI=1S/C26H29ClN2O3S/c1-20-7-6-10-23(17-20)18-29(33(31,32)25-15-13-24(27)14-16-25)19-26(30)28-21(2)11-12-22-8-4-3-5-9-22/h3-10,13-17,21H,11-12,18-19H2,1-2H3,(H,28,30)/t21-/m0/s1. The molecule has 1 N–H and O–H groups in total. The van der Waals surface area contributed by atoms with E-state index in [2.05, 4.69) is 17.4 Å². The third-order valence-corrected chi connectivity index (χ3v) is 7.39. The summed E-state index contributed by atoms with van der Waals surface area (Å²) in [6, 6.07) is 23.6. The van der Waals surface area contributed by atoms with Crippen LogP contribution in [0.3, 0.4) is 0 Å². The molecule has 0 heterocycles. The van der Waals surface area contributed by atoms with Crippen molar-refractivity contribution >= 4 is 27.5 Å². The molecule has 0 fully saturated rings. The number of hydrogen-bond donors (Lipinski definition) is 1. The Morgan fingerprint density at radius 1 is 0.970 bits per heavy atom. The van der Waals surface area contributed by atoms with Gasteiger partial charge in [0, 0.05) is 17.6 Å². The molecule has 0 saturated heterocycles. The smallest absolute Gasteiger partial charge is 0.243 e. The summed E-state index contributed by atoms with van der Waals surface area (Å²) in [7, 11) is -3.90. The van der Waals surface area contributed by atoms with E-state index in [1.807, 2.05) is 56.3 Å². The predicted octanol–water partition coefficient (Wildman–Crippen LogP) is 4.98. The predicted molar refractivity (Wildman–Crippen MR) is 133 cm³/mol. The van der Waals surface area contributed by atoms with Crippen LogP contribution in [0.2, 0.25) is 5.02 Å². The van der Waals surface area contributed by atoms with Crippen LogP contribution in [0.4, 0.5) is 0 Å². The van der Waals surface area contributed by atoms with Gasteiger partial charge in [0.15, 0.2) is 0 Å². The Labute approximate surface area is 201 Å². The molecule has 7 heteroatoms. The zero-order valence-corrected chi connectivity index (χ0v) is 20.4. The molecule has 0 aromatic heterocycles. The van der Waals surface area contributed by atoms with Crippen molar-refractivity contribution in [2.24, 2.45) is 0 Å². The van der Waals surface area contributed by atoms with Crippen molar-refractivity contribution in [2.45, 2.75) is 44.2 Å². The van der Waals surface area contributed by atoms with Gasteiger partial charge >= 0.3 is 0 Å². The van der Waals surface area contributed by atoms with Gasteiger partial charge < -0.3 is 5.32 Å². The van der Waals surface area contributed by atoms with E-state index >= 15 is 0 Å². The van der Waals surface area contributed by atoms with E-state index in [0.717, 1.165) is 24.0 Å². The van der Waals surface area contributed by atoms with Crippen molar-refractivity contribution in [3.05, 3.63) is 101 Å². The van der Waals surface area contributed by atoms with Crippen molar-refractivity contribution in [2.75, 3.05) is 6.54 Å². The molecule has 0 aliphatic carbocycles. The molecule has 0 bridgehead atoms. The highest BCUT2D eigenvalue weighted by Gasteiger charge is 2.27. The zero-order chi connectivity index (χ0) is 23.8. The van der Waals surface area contributed by atoms with Gasteiger partial charge in [0.1, 0.15) is 0 Å². The molecule has 0 radical (unpaired) electrons. The first-order chi connectivity index (χ1) is 15.7. The van der Waals surface area contributed by atoms with Gasteiger partial charge in [-0.15, -0.1) is 0 Å². The fourth-order valence-electron chi connectivity index (χ4n) is 3.58. The summed E-state index contributed by atoms with van der Waals surface area (Å²) in [4.78, 5) is 12.9. The van der Waals surface area contributed by atoms with Gasteiger partial charge in [-0.25, -0.2) is 8.42 Å². The number of benzene rings is 3. The van der Waals surface area contributed by atoms with Crippen LogP contribution in [-0.4, -0.2) is 31.2 Å². The minimum Gasteiger partial charge on any atom is -0.352 e. The van der Waals surface area contributed by atoms with Crippen LogP contribution in [0.5, 0.6) is 0 Å². The topological polar surface area (TPSA) is 66.5 Å². The van der Waals surface area contributed by atoms with Crippen LogP contribution in [0.25, 0.3) is 0 Å². The Morgan fingerprint density at radius 3 is 2.30 bits per heavy atom. The highest BCUT2D eigenvalue weighted by atomic mass is 35.5. The Hall–Kier alpha value is -2.67. The van der Waals surface area contributed by atoms with E-state index in [9.17, 15) is 13.2 Å². The molecule has 33 heavy (non-hydrogen) atoms. The maximum atomic E-state index is 13.4. The summed E-state index contributed by atoms with van der Waals surface area (Å²) in [6.07, 6.45) is 1.59. The molecule has 0 spiro atoms. The maximum absolute atomic E-state index is 13.4. The molecular formula is C26H29ClN2O3S. The highest BCUT2D eigenvalue weighted by Crippen LogP contribution is 2.21. The van der Waals surface area contributed by atoms with Crippen molar-refractivity contribution in [1.82, 2.24) is 9.62 Å². The van der Waals surface area contributed by atoms with Gasteiger partial charge in [-0.05, 0) is 62.1 Å². The quantitative estimate of drug-likeness (QED) is 0.441. The summed E-state index contributed by atoms with van der Waals surface area (Å²) in [6.45, 7) is 3.70. The zero-order valence-electron chi connectivity index (χ0n) is 18.9. The van der Waals surface area contributed by atoms with Crippen LogP contribution in [0.15, 0.2) is 83.8 Å². The second-order valence-electron chi connectivity index (χ2n) is 8.21. The second kappa shape index (κ2) is 11.5. The van der Waals surface area contributed by atoms with Gasteiger partial charge in [0.25, 0.3) is 0 Å². The minimum absolute atomic E-state index is 0.0863. The van der Waals surface area contributed by atoms with E-state index < -0.39 is 10.0 Å². The third-order valence-electron chi connectivity index (χ3n) is 5.33. The van der Waals surface area contributed by atoms with E-state index in [1.54, 1.807) is 0 Å². The number of halogens is 1. The molecule has 0 aliphatic rings. The lowest BCUT2D eigenvalue weighted by Gasteiger charge is -2.23. The SMILES string of the molecule is Cc1cccc(CN(CC(=O)N[C@@H](C)CCc2ccccc2)S(=O)(=O)c2ccc(Cl)cc2)c1. The average molecular weight is 485 g/mol. The molecule has 5 nitrogen and oxygen atoms in total. The second-order valence-corrected chi connectivity index (χ2v) is 10.6. The first kappa shape index (κ1) is 25.0. The van der Waals surface area contributed by atoms with Crippen LogP contribution in [0, 0.1) is 6.92 Å². The summed E-state index contributed by atoms with van der Waals surface area (Å²) in [5.74, 6) is -0.333. The number of carbonyl (C=O) groups excluding carboxylic acids is 1. The van der Waals surface area contributed by atoms with Crippen LogP contribution in [0.1, 0.15) is 30.0 Å². The largest absolute Gasteiger partial charge is 0.352 e. The molecule has 0 unspecified atom stereocenters. The van der Waals surface area contributed by atoms with Crippen LogP contribution < -0.4 is 5.32 Å². The lowest BCUT2D eigenvalue weighted by Crippen LogP contribution is -2.43. The average Bonchev–Trinajstić information content (AvgIpc) is 2.78. The maximum Gasteiger partial charge on any atom is 0.243 e. The van der Waals surface area contributed by atoms with Crippen molar-refractivity contribution in [3.63, 3.8) is 0 Å². The minimum atomic E-state index is -3.90. The first-order valence-corrected chi connectivity index (χ1v) is 12.7. The van der Waals surface area contributed by atoms with E-state index in [1.165, 1.54) is 34.1 Å². The molecule has 3 rings (SSSR count). The Bertz CT molecular complexity index is 1170. The number of nitrogens with one attached hydrogen (secondary N) is 1. The number of carbonyl (C=O) groups is 1. The van der Waals surface area contributed by atoms with Gasteiger partial charge in [-0.2, -0.15) is 4.31 Å². The molecule has 3 aromatic carbocycles. The number of nitrogens with zero attached hydrogens (tertiary/aromatic N) is 1. The number of rotatable bonds is 10. The Morgan fingerprint density at radius 2 is 1.64 bits per heavy atom. The van der Waals surface area contributed by atoms with Gasteiger partial charge in [-0.3, -0.25) is 4.79 Å². The highest BCUT2D eigenvalue weighted by molar-refractivity contribution is 7.89. The normalized spacial score (nSPS) is 12.5. The lowest BCUT2D eigenvalue weighted by molar-refractivity contribution is -0.122. The molecule has 3 aromatic rings. The Balaban J connectivity index is 1.72. The summed E-state index contributed by atoms with van der Waals surface area (Å²) >= 11 is 5.93. The summed E-state index contributed by atoms with van der Waals surface area (Å²) < 4.78 is 27.9. The van der Waals surface area contributed by atoms with Crippen LogP contribution in [-0.2, 0) is 27.8 Å². The molecule has 1 amide bonds. The van der Waals surface area contributed by atoms with Gasteiger partial charge in [-0.1, -0.05) is 71.8 Å². The number of sulfonamides is 1. The third kappa shape index (κ3) is 7.42. The molecular weight excluding hydrogens is 456 g/mol. The van der Waals surface area contributed by atoms with E-state index in [4.69, 9.17) is 11.6 Å². The lowest BCUT2D eigenvalue weighted by atomic mass is 10.1. The molecule has 1 atom stereocenters. The molecule has 174 valence electrons. The Kier molecular flexibility index (Phi) is 8.67. The van der Waals surface area contributed by atoms with Crippen molar-refractivity contribution in [3.8, 4) is 0 Å². The number of hydrogen-bond acceptors (Lipinski definition) is 3. The molecule has 0 saturated carbocycles. The molecule has 0 aliphatic heterocycles. The van der Waals surface area contributed by atoms with Gasteiger partial charge in [0.05, 0.1) is 11.4 Å². The first-order valence-electron chi connectivity index (χ1n) is 10.9.